The highest BCUT2D eigenvalue weighted by Gasteiger charge is 2.28. The number of aliphatic hydroxyl groups is 1. The van der Waals surface area contributed by atoms with Crippen LogP contribution in [-0.2, 0) is 6.54 Å². The number of amides is 2. The van der Waals surface area contributed by atoms with Crippen LogP contribution >= 0.6 is 0 Å². The zero-order valence-electron chi connectivity index (χ0n) is 11.7. The highest BCUT2D eigenvalue weighted by atomic mass is 16.3. The summed E-state index contributed by atoms with van der Waals surface area (Å²) < 4.78 is 0. The van der Waals surface area contributed by atoms with Crippen molar-refractivity contribution in [2.24, 2.45) is 5.73 Å². The van der Waals surface area contributed by atoms with Crippen molar-refractivity contribution in [2.45, 2.75) is 38.3 Å². The number of carbonyl (C=O) groups is 1. The number of hydrogen-bond donors (Lipinski definition) is 3. The van der Waals surface area contributed by atoms with Gasteiger partial charge in [0, 0.05) is 31.4 Å². The summed E-state index contributed by atoms with van der Waals surface area (Å²) in [5.41, 5.74) is 7.37. The van der Waals surface area contributed by atoms with Gasteiger partial charge in [-0.2, -0.15) is 0 Å². The molecular formula is C15H23N3O2. The minimum absolute atomic E-state index is 0.0858. The number of anilines is 1. The summed E-state index contributed by atoms with van der Waals surface area (Å²) in [6, 6.07) is 7.81. The molecule has 2 amide bonds. The average Bonchev–Trinajstić information content (AvgIpc) is 2.41. The molecule has 1 aromatic rings. The smallest absolute Gasteiger partial charge is 0.322 e. The standard InChI is InChI=1S/C15H23N3O2/c16-11-12-4-1-5-13(10-12)17-15(20)18(8-3-9-19)14-6-2-7-14/h1,4-5,10,14,19H,2-3,6-9,11,16H2,(H,17,20). The molecule has 4 N–H and O–H groups in total. The first kappa shape index (κ1) is 14.8. The molecule has 0 radical (unpaired) electrons. The van der Waals surface area contributed by atoms with Crippen LogP contribution in [0.4, 0.5) is 10.5 Å². The molecule has 1 aliphatic rings. The largest absolute Gasteiger partial charge is 0.396 e. The SMILES string of the molecule is NCc1cccc(NC(=O)N(CCCO)C2CCC2)c1. The van der Waals surface area contributed by atoms with Crippen molar-refractivity contribution in [3.05, 3.63) is 29.8 Å². The van der Waals surface area contributed by atoms with Crippen molar-refractivity contribution in [3.63, 3.8) is 0 Å². The van der Waals surface area contributed by atoms with Crippen LogP contribution in [0.15, 0.2) is 24.3 Å². The van der Waals surface area contributed by atoms with Gasteiger partial charge in [0.1, 0.15) is 0 Å². The fourth-order valence-corrected chi connectivity index (χ4v) is 2.36. The number of urea groups is 1. The van der Waals surface area contributed by atoms with Gasteiger partial charge in [0.05, 0.1) is 0 Å². The van der Waals surface area contributed by atoms with E-state index in [0.717, 1.165) is 24.1 Å². The lowest BCUT2D eigenvalue weighted by Gasteiger charge is -2.37. The van der Waals surface area contributed by atoms with Crippen molar-refractivity contribution < 1.29 is 9.90 Å². The summed E-state index contributed by atoms with van der Waals surface area (Å²) in [6.07, 6.45) is 3.91. The number of benzene rings is 1. The molecule has 1 aromatic carbocycles. The van der Waals surface area contributed by atoms with Crippen molar-refractivity contribution in [1.82, 2.24) is 4.90 Å². The van der Waals surface area contributed by atoms with Crippen LogP contribution < -0.4 is 11.1 Å². The molecule has 20 heavy (non-hydrogen) atoms. The van der Waals surface area contributed by atoms with E-state index in [2.05, 4.69) is 5.32 Å². The van der Waals surface area contributed by atoms with E-state index in [1.807, 2.05) is 29.2 Å². The predicted octanol–water partition coefficient (Wildman–Crippen LogP) is 1.91. The summed E-state index contributed by atoms with van der Waals surface area (Å²) in [5, 5.41) is 11.9. The Bertz CT molecular complexity index is 446. The third kappa shape index (κ3) is 3.71. The Labute approximate surface area is 119 Å². The lowest BCUT2D eigenvalue weighted by atomic mass is 9.91. The first-order chi connectivity index (χ1) is 9.74. The highest BCUT2D eigenvalue weighted by molar-refractivity contribution is 5.89. The van der Waals surface area contributed by atoms with E-state index in [1.54, 1.807) is 0 Å². The molecule has 1 saturated carbocycles. The second-order valence-corrected chi connectivity index (χ2v) is 5.19. The van der Waals surface area contributed by atoms with Crippen molar-refractivity contribution in [3.8, 4) is 0 Å². The first-order valence-electron chi connectivity index (χ1n) is 7.22. The van der Waals surface area contributed by atoms with Gasteiger partial charge in [-0.1, -0.05) is 12.1 Å². The van der Waals surface area contributed by atoms with Gasteiger partial charge >= 0.3 is 6.03 Å². The number of carbonyl (C=O) groups excluding carboxylic acids is 1. The quantitative estimate of drug-likeness (QED) is 0.743. The van der Waals surface area contributed by atoms with E-state index in [0.29, 0.717) is 25.6 Å². The molecule has 0 atom stereocenters. The van der Waals surface area contributed by atoms with Crippen molar-refractivity contribution >= 4 is 11.7 Å². The van der Waals surface area contributed by atoms with Gasteiger partial charge in [0.15, 0.2) is 0 Å². The van der Waals surface area contributed by atoms with Crippen LogP contribution in [0.2, 0.25) is 0 Å². The van der Waals surface area contributed by atoms with Gasteiger partial charge in [-0.05, 0) is 43.4 Å². The van der Waals surface area contributed by atoms with E-state index >= 15 is 0 Å². The van der Waals surface area contributed by atoms with E-state index in [9.17, 15) is 4.79 Å². The van der Waals surface area contributed by atoms with E-state index in [1.165, 1.54) is 6.42 Å². The Kier molecular flexibility index (Phi) is 5.38. The van der Waals surface area contributed by atoms with Crippen molar-refractivity contribution in [2.75, 3.05) is 18.5 Å². The molecule has 0 heterocycles. The van der Waals surface area contributed by atoms with Crippen LogP contribution in [0.25, 0.3) is 0 Å². The highest BCUT2D eigenvalue weighted by Crippen LogP contribution is 2.25. The second-order valence-electron chi connectivity index (χ2n) is 5.19. The summed E-state index contributed by atoms with van der Waals surface area (Å²) in [6.45, 7) is 1.17. The van der Waals surface area contributed by atoms with Gasteiger partial charge in [0.2, 0.25) is 0 Å². The number of nitrogens with one attached hydrogen (secondary N) is 1. The molecule has 110 valence electrons. The first-order valence-corrected chi connectivity index (χ1v) is 7.22. The lowest BCUT2D eigenvalue weighted by molar-refractivity contribution is 0.140. The number of rotatable bonds is 6. The Morgan fingerprint density at radius 3 is 2.85 bits per heavy atom. The van der Waals surface area contributed by atoms with Gasteiger partial charge < -0.3 is 21.1 Å². The lowest BCUT2D eigenvalue weighted by Crippen LogP contribution is -2.47. The summed E-state index contributed by atoms with van der Waals surface area (Å²) >= 11 is 0. The second kappa shape index (κ2) is 7.26. The topological polar surface area (TPSA) is 78.6 Å². The molecule has 0 spiro atoms. The average molecular weight is 277 g/mol. The molecule has 0 aliphatic heterocycles. The van der Waals surface area contributed by atoms with Gasteiger partial charge in [-0.3, -0.25) is 0 Å². The maximum absolute atomic E-state index is 12.4. The molecule has 0 unspecified atom stereocenters. The molecule has 1 fully saturated rings. The minimum atomic E-state index is -0.0858. The molecular weight excluding hydrogens is 254 g/mol. The Hall–Kier alpha value is -1.59. The monoisotopic (exact) mass is 277 g/mol. The molecule has 1 aliphatic carbocycles. The predicted molar refractivity (Wildman–Crippen MR) is 79.4 cm³/mol. The minimum Gasteiger partial charge on any atom is -0.396 e. The third-order valence-electron chi connectivity index (χ3n) is 3.75. The summed E-state index contributed by atoms with van der Waals surface area (Å²) in [4.78, 5) is 14.2. The number of nitrogens with zero attached hydrogens (tertiary/aromatic N) is 1. The maximum atomic E-state index is 12.4. The molecule has 2 rings (SSSR count). The normalized spacial score (nSPS) is 14.7. The van der Waals surface area contributed by atoms with Crippen LogP contribution in [0.3, 0.4) is 0 Å². The van der Waals surface area contributed by atoms with Gasteiger partial charge in [0.25, 0.3) is 0 Å². The Morgan fingerprint density at radius 2 is 2.25 bits per heavy atom. The third-order valence-corrected chi connectivity index (χ3v) is 3.75. The van der Waals surface area contributed by atoms with Gasteiger partial charge in [-0.15, -0.1) is 0 Å². The summed E-state index contributed by atoms with van der Waals surface area (Å²) in [7, 11) is 0. The fraction of sp³-hybridized carbons (Fsp3) is 0.533. The number of hydrogen-bond acceptors (Lipinski definition) is 3. The molecule has 0 saturated heterocycles. The van der Waals surface area contributed by atoms with Crippen LogP contribution in [0, 0.1) is 0 Å². The maximum Gasteiger partial charge on any atom is 0.322 e. The summed E-state index contributed by atoms with van der Waals surface area (Å²) in [5.74, 6) is 0. The van der Waals surface area contributed by atoms with E-state index < -0.39 is 0 Å². The Balaban J connectivity index is 1.99. The molecule has 0 aromatic heterocycles. The van der Waals surface area contributed by atoms with Crippen LogP contribution in [0.1, 0.15) is 31.2 Å². The fourth-order valence-electron chi connectivity index (χ4n) is 2.36. The van der Waals surface area contributed by atoms with Crippen LogP contribution in [-0.4, -0.2) is 35.2 Å². The zero-order chi connectivity index (χ0) is 14.4. The molecule has 5 heteroatoms. The number of nitrogens with two attached hydrogens (primary N) is 1. The van der Waals surface area contributed by atoms with Crippen LogP contribution in [0.5, 0.6) is 0 Å². The van der Waals surface area contributed by atoms with E-state index in [-0.39, 0.29) is 12.6 Å². The van der Waals surface area contributed by atoms with Gasteiger partial charge in [-0.25, -0.2) is 4.79 Å². The molecule has 5 nitrogen and oxygen atoms in total. The Morgan fingerprint density at radius 1 is 1.45 bits per heavy atom. The van der Waals surface area contributed by atoms with Crippen molar-refractivity contribution in [1.29, 1.82) is 0 Å². The number of aliphatic hydroxyl groups excluding tert-OH is 1. The molecule has 0 bridgehead atoms. The zero-order valence-corrected chi connectivity index (χ0v) is 11.7. The van der Waals surface area contributed by atoms with E-state index in [4.69, 9.17) is 10.8 Å².